The van der Waals surface area contributed by atoms with Crippen molar-refractivity contribution in [1.82, 2.24) is 10.6 Å². The second-order valence-corrected chi connectivity index (χ2v) is 4.23. The molecule has 0 heterocycles. The van der Waals surface area contributed by atoms with E-state index in [9.17, 15) is 15.0 Å². The molecule has 0 aliphatic heterocycles. The first-order chi connectivity index (χ1) is 9.02. The first-order valence-corrected chi connectivity index (χ1v) is 6.05. The SMILES string of the molecule is COCCNC(=O)CNC(C)c1cc(O)cc(O)c1. The molecule has 0 radical (unpaired) electrons. The first-order valence-electron chi connectivity index (χ1n) is 6.05. The van der Waals surface area contributed by atoms with Gasteiger partial charge in [-0.25, -0.2) is 0 Å². The first kappa shape index (κ1) is 15.3. The van der Waals surface area contributed by atoms with Crippen LogP contribution in [0.4, 0.5) is 0 Å². The number of carbonyl (C=O) groups excluding carboxylic acids is 1. The number of methoxy groups -OCH3 is 1. The Bertz CT molecular complexity index is 403. The molecular weight excluding hydrogens is 248 g/mol. The van der Waals surface area contributed by atoms with Gasteiger partial charge < -0.3 is 25.6 Å². The smallest absolute Gasteiger partial charge is 0.234 e. The summed E-state index contributed by atoms with van der Waals surface area (Å²) in [6.07, 6.45) is 0. The van der Waals surface area contributed by atoms with Gasteiger partial charge in [-0.15, -0.1) is 0 Å². The molecule has 0 saturated carbocycles. The topological polar surface area (TPSA) is 90.8 Å². The normalized spacial score (nSPS) is 12.1. The van der Waals surface area contributed by atoms with Gasteiger partial charge in [-0.1, -0.05) is 0 Å². The summed E-state index contributed by atoms with van der Waals surface area (Å²) in [5.74, 6) is -0.144. The Kier molecular flexibility index (Phi) is 6.11. The highest BCUT2D eigenvalue weighted by Crippen LogP contribution is 2.24. The van der Waals surface area contributed by atoms with Crippen molar-refractivity contribution >= 4 is 5.91 Å². The molecule has 4 N–H and O–H groups in total. The van der Waals surface area contributed by atoms with Gasteiger partial charge in [-0.05, 0) is 24.6 Å². The van der Waals surface area contributed by atoms with Crippen LogP contribution in [-0.4, -0.2) is 42.9 Å². The van der Waals surface area contributed by atoms with Gasteiger partial charge in [0.1, 0.15) is 11.5 Å². The van der Waals surface area contributed by atoms with Gasteiger partial charge in [0.15, 0.2) is 0 Å². The number of carbonyl (C=O) groups is 1. The number of aromatic hydroxyl groups is 2. The van der Waals surface area contributed by atoms with Crippen molar-refractivity contribution in [2.45, 2.75) is 13.0 Å². The molecule has 0 bridgehead atoms. The third kappa shape index (κ3) is 5.58. The predicted octanol–water partition coefficient (Wildman–Crippen LogP) is 0.511. The molecule has 1 unspecified atom stereocenters. The van der Waals surface area contributed by atoms with Crippen molar-refractivity contribution in [3.63, 3.8) is 0 Å². The minimum Gasteiger partial charge on any atom is -0.508 e. The molecule has 0 aromatic heterocycles. The Morgan fingerprint density at radius 3 is 2.53 bits per heavy atom. The average Bonchev–Trinajstić information content (AvgIpc) is 2.35. The summed E-state index contributed by atoms with van der Waals surface area (Å²) in [5, 5.41) is 24.5. The summed E-state index contributed by atoms with van der Waals surface area (Å²) in [6.45, 7) is 2.94. The van der Waals surface area contributed by atoms with Gasteiger partial charge in [-0.2, -0.15) is 0 Å². The third-order valence-electron chi connectivity index (χ3n) is 2.62. The van der Waals surface area contributed by atoms with Gasteiger partial charge in [0.05, 0.1) is 13.2 Å². The molecule has 1 rings (SSSR count). The number of nitrogens with one attached hydrogen (secondary N) is 2. The molecule has 0 spiro atoms. The molecular formula is C13H20N2O4. The number of amides is 1. The quantitative estimate of drug-likeness (QED) is 0.541. The van der Waals surface area contributed by atoms with Crippen LogP contribution in [0, 0.1) is 0 Å². The van der Waals surface area contributed by atoms with Gasteiger partial charge in [0.2, 0.25) is 5.91 Å². The molecule has 0 aliphatic carbocycles. The van der Waals surface area contributed by atoms with Crippen LogP contribution in [0.5, 0.6) is 11.5 Å². The Morgan fingerprint density at radius 1 is 1.32 bits per heavy atom. The van der Waals surface area contributed by atoms with Gasteiger partial charge >= 0.3 is 0 Å². The lowest BCUT2D eigenvalue weighted by Gasteiger charge is -2.14. The second-order valence-electron chi connectivity index (χ2n) is 4.23. The van der Waals surface area contributed by atoms with E-state index in [-0.39, 0.29) is 30.0 Å². The molecule has 1 atom stereocenters. The largest absolute Gasteiger partial charge is 0.508 e. The van der Waals surface area contributed by atoms with Gasteiger partial charge in [-0.3, -0.25) is 4.79 Å². The van der Waals surface area contributed by atoms with Crippen LogP contribution in [0.25, 0.3) is 0 Å². The lowest BCUT2D eigenvalue weighted by Crippen LogP contribution is -2.36. The number of ether oxygens (including phenoxy) is 1. The van der Waals surface area contributed by atoms with Crippen molar-refractivity contribution in [3.05, 3.63) is 23.8 Å². The van der Waals surface area contributed by atoms with Crippen LogP contribution in [0.3, 0.4) is 0 Å². The van der Waals surface area contributed by atoms with Crippen LogP contribution in [0.1, 0.15) is 18.5 Å². The minimum atomic E-state index is -0.161. The van der Waals surface area contributed by atoms with Crippen molar-refractivity contribution < 1.29 is 19.7 Å². The van der Waals surface area contributed by atoms with Crippen LogP contribution in [0.2, 0.25) is 0 Å². The Labute approximate surface area is 112 Å². The maximum atomic E-state index is 11.5. The minimum absolute atomic E-state index is 0.00630. The predicted molar refractivity (Wildman–Crippen MR) is 71.1 cm³/mol. The molecule has 106 valence electrons. The zero-order valence-electron chi connectivity index (χ0n) is 11.1. The Hall–Kier alpha value is -1.79. The number of benzene rings is 1. The van der Waals surface area contributed by atoms with E-state index < -0.39 is 0 Å². The van der Waals surface area contributed by atoms with Crippen molar-refractivity contribution in [2.24, 2.45) is 0 Å². The van der Waals surface area contributed by atoms with E-state index in [4.69, 9.17) is 4.74 Å². The summed E-state index contributed by atoms with van der Waals surface area (Å²) in [4.78, 5) is 11.5. The van der Waals surface area contributed by atoms with Crippen molar-refractivity contribution in [2.75, 3.05) is 26.8 Å². The fraction of sp³-hybridized carbons (Fsp3) is 0.462. The maximum Gasteiger partial charge on any atom is 0.234 e. The van der Waals surface area contributed by atoms with E-state index in [1.807, 2.05) is 6.92 Å². The van der Waals surface area contributed by atoms with E-state index in [1.54, 1.807) is 19.2 Å². The van der Waals surface area contributed by atoms with Crippen LogP contribution in [0.15, 0.2) is 18.2 Å². The molecule has 1 aromatic carbocycles. The standard InChI is InChI=1S/C13H20N2O4/c1-9(10-5-11(16)7-12(17)6-10)15-8-13(18)14-3-4-19-2/h5-7,9,15-17H,3-4,8H2,1-2H3,(H,14,18). The Morgan fingerprint density at radius 2 is 1.95 bits per heavy atom. The van der Waals surface area contributed by atoms with Crippen LogP contribution in [-0.2, 0) is 9.53 Å². The fourth-order valence-corrected chi connectivity index (χ4v) is 1.59. The highest BCUT2D eigenvalue weighted by molar-refractivity contribution is 5.78. The second kappa shape index (κ2) is 7.60. The third-order valence-corrected chi connectivity index (χ3v) is 2.62. The van der Waals surface area contributed by atoms with Gasteiger partial charge in [0, 0.05) is 25.8 Å². The van der Waals surface area contributed by atoms with Crippen molar-refractivity contribution in [3.8, 4) is 11.5 Å². The monoisotopic (exact) mass is 268 g/mol. The summed E-state index contributed by atoms with van der Waals surface area (Å²) < 4.78 is 4.82. The van der Waals surface area contributed by atoms with Crippen LogP contribution >= 0.6 is 0 Å². The number of hydrogen-bond donors (Lipinski definition) is 4. The molecule has 1 aromatic rings. The molecule has 19 heavy (non-hydrogen) atoms. The summed E-state index contributed by atoms with van der Waals surface area (Å²) in [5.41, 5.74) is 0.710. The number of rotatable bonds is 7. The molecule has 0 saturated heterocycles. The zero-order chi connectivity index (χ0) is 14.3. The maximum absolute atomic E-state index is 11.5. The fourth-order valence-electron chi connectivity index (χ4n) is 1.59. The lowest BCUT2D eigenvalue weighted by molar-refractivity contribution is -0.120. The molecule has 0 fully saturated rings. The number of phenols is 2. The number of phenolic OH excluding ortho intramolecular Hbond substituents is 2. The molecule has 1 amide bonds. The van der Waals surface area contributed by atoms with E-state index in [0.717, 1.165) is 0 Å². The summed E-state index contributed by atoms with van der Waals surface area (Å²) in [6, 6.07) is 4.18. The average molecular weight is 268 g/mol. The zero-order valence-corrected chi connectivity index (χ0v) is 11.1. The van der Waals surface area contributed by atoms with E-state index in [1.165, 1.54) is 6.07 Å². The summed E-state index contributed by atoms with van der Waals surface area (Å²) >= 11 is 0. The number of hydrogen-bond acceptors (Lipinski definition) is 5. The van der Waals surface area contributed by atoms with Crippen LogP contribution < -0.4 is 10.6 Å². The van der Waals surface area contributed by atoms with Gasteiger partial charge in [0.25, 0.3) is 0 Å². The van der Waals surface area contributed by atoms with E-state index in [2.05, 4.69) is 10.6 Å². The lowest BCUT2D eigenvalue weighted by atomic mass is 10.1. The Balaban J connectivity index is 2.42. The highest BCUT2D eigenvalue weighted by Gasteiger charge is 2.09. The molecule has 0 aliphatic rings. The van der Waals surface area contributed by atoms with E-state index >= 15 is 0 Å². The molecule has 6 nitrogen and oxygen atoms in total. The summed E-state index contributed by atoms with van der Waals surface area (Å²) in [7, 11) is 1.57. The van der Waals surface area contributed by atoms with E-state index in [0.29, 0.717) is 18.7 Å². The molecule has 6 heteroatoms. The van der Waals surface area contributed by atoms with Crippen molar-refractivity contribution in [1.29, 1.82) is 0 Å². The highest BCUT2D eigenvalue weighted by atomic mass is 16.5.